The lowest BCUT2D eigenvalue weighted by atomic mass is 10.1. The molecule has 0 aliphatic carbocycles. The van der Waals surface area contributed by atoms with Crippen molar-refractivity contribution < 1.29 is 14.2 Å². The highest BCUT2D eigenvalue weighted by Crippen LogP contribution is 2.16. The van der Waals surface area contributed by atoms with Gasteiger partial charge in [-0.25, -0.2) is 4.98 Å². The maximum atomic E-state index is 5.95. The predicted octanol–water partition coefficient (Wildman–Crippen LogP) is 4.20. The van der Waals surface area contributed by atoms with E-state index in [1.807, 2.05) is 65.6 Å². The molecular formula is C22H24N2O3. The molecule has 5 nitrogen and oxygen atoms in total. The number of nitrogens with zero attached hydrogens (tertiary/aromatic N) is 2. The van der Waals surface area contributed by atoms with Crippen LogP contribution in [0.25, 0.3) is 6.08 Å². The Bertz CT molecular complexity index is 838. The zero-order valence-electron chi connectivity index (χ0n) is 15.7. The fourth-order valence-electron chi connectivity index (χ4n) is 2.71. The lowest BCUT2D eigenvalue weighted by Crippen LogP contribution is -2.06. The SMILES string of the molecule is COc1ccc(/C=C(\COCc2ccc(OC)cc2)Cn2ccnc2)cc1. The molecule has 140 valence electrons. The number of methoxy groups -OCH3 is 2. The Balaban J connectivity index is 1.66. The number of benzene rings is 2. The molecule has 0 aliphatic rings. The number of hydrogen-bond donors (Lipinski definition) is 0. The molecule has 0 saturated heterocycles. The maximum Gasteiger partial charge on any atom is 0.118 e. The van der Waals surface area contributed by atoms with E-state index in [-0.39, 0.29) is 0 Å². The Hall–Kier alpha value is -3.05. The van der Waals surface area contributed by atoms with Crippen molar-refractivity contribution in [2.45, 2.75) is 13.2 Å². The van der Waals surface area contributed by atoms with Gasteiger partial charge in [0, 0.05) is 18.9 Å². The second kappa shape index (κ2) is 9.59. The molecule has 0 amide bonds. The summed E-state index contributed by atoms with van der Waals surface area (Å²) in [6, 6.07) is 15.9. The normalized spacial score (nSPS) is 11.4. The maximum absolute atomic E-state index is 5.95. The van der Waals surface area contributed by atoms with E-state index < -0.39 is 0 Å². The van der Waals surface area contributed by atoms with Crippen molar-refractivity contribution in [1.29, 1.82) is 0 Å². The first kappa shape index (κ1) is 18.7. The Kier molecular flexibility index (Phi) is 6.66. The van der Waals surface area contributed by atoms with E-state index in [1.165, 1.54) is 0 Å². The molecular weight excluding hydrogens is 340 g/mol. The summed E-state index contributed by atoms with van der Waals surface area (Å²) in [5, 5.41) is 0. The van der Waals surface area contributed by atoms with E-state index in [4.69, 9.17) is 14.2 Å². The molecule has 0 atom stereocenters. The van der Waals surface area contributed by atoms with Crippen molar-refractivity contribution in [3.63, 3.8) is 0 Å². The Morgan fingerprint density at radius 3 is 2.22 bits per heavy atom. The summed E-state index contributed by atoms with van der Waals surface area (Å²) in [5.41, 5.74) is 3.38. The van der Waals surface area contributed by atoms with Crippen LogP contribution in [0.5, 0.6) is 11.5 Å². The smallest absolute Gasteiger partial charge is 0.118 e. The molecule has 3 rings (SSSR count). The third-order valence-corrected chi connectivity index (χ3v) is 4.15. The van der Waals surface area contributed by atoms with Crippen LogP contribution in [0.15, 0.2) is 72.8 Å². The van der Waals surface area contributed by atoms with Gasteiger partial charge in [-0.2, -0.15) is 0 Å². The second-order valence-corrected chi connectivity index (χ2v) is 6.15. The van der Waals surface area contributed by atoms with Crippen molar-refractivity contribution in [2.75, 3.05) is 20.8 Å². The lowest BCUT2D eigenvalue weighted by Gasteiger charge is -2.11. The van der Waals surface area contributed by atoms with Gasteiger partial charge in [-0.15, -0.1) is 0 Å². The van der Waals surface area contributed by atoms with Crippen LogP contribution in [-0.2, 0) is 17.9 Å². The average Bonchev–Trinajstić information content (AvgIpc) is 3.22. The molecule has 0 N–H and O–H groups in total. The number of hydrogen-bond acceptors (Lipinski definition) is 4. The summed E-state index contributed by atoms with van der Waals surface area (Å²) < 4.78 is 18.4. The molecule has 0 bridgehead atoms. The van der Waals surface area contributed by atoms with Gasteiger partial charge in [-0.3, -0.25) is 0 Å². The Labute approximate surface area is 159 Å². The molecule has 27 heavy (non-hydrogen) atoms. The number of imidazole rings is 1. The zero-order chi connectivity index (χ0) is 18.9. The minimum Gasteiger partial charge on any atom is -0.497 e. The van der Waals surface area contributed by atoms with Gasteiger partial charge in [-0.05, 0) is 41.0 Å². The summed E-state index contributed by atoms with van der Waals surface area (Å²) in [6.07, 6.45) is 7.69. The molecule has 0 spiro atoms. The van der Waals surface area contributed by atoms with Crippen molar-refractivity contribution in [3.8, 4) is 11.5 Å². The van der Waals surface area contributed by atoms with Gasteiger partial charge in [0.15, 0.2) is 0 Å². The third kappa shape index (κ3) is 5.72. The molecule has 2 aromatic carbocycles. The molecule has 0 saturated carbocycles. The molecule has 1 heterocycles. The fraction of sp³-hybridized carbons (Fsp3) is 0.227. The van der Waals surface area contributed by atoms with E-state index in [2.05, 4.69) is 11.1 Å². The molecule has 0 fully saturated rings. The molecule has 5 heteroatoms. The summed E-state index contributed by atoms with van der Waals surface area (Å²) >= 11 is 0. The van der Waals surface area contributed by atoms with Gasteiger partial charge < -0.3 is 18.8 Å². The number of rotatable bonds is 9. The van der Waals surface area contributed by atoms with Crippen molar-refractivity contribution in [3.05, 3.63) is 84.0 Å². The molecule has 0 aliphatic heterocycles. The quantitative estimate of drug-likeness (QED) is 0.571. The van der Waals surface area contributed by atoms with Crippen molar-refractivity contribution in [1.82, 2.24) is 9.55 Å². The van der Waals surface area contributed by atoms with E-state index in [9.17, 15) is 0 Å². The van der Waals surface area contributed by atoms with Gasteiger partial charge in [0.1, 0.15) is 11.5 Å². The van der Waals surface area contributed by atoms with Gasteiger partial charge >= 0.3 is 0 Å². The summed E-state index contributed by atoms with van der Waals surface area (Å²) in [4.78, 5) is 4.12. The Morgan fingerprint density at radius 2 is 1.63 bits per heavy atom. The van der Waals surface area contributed by atoms with Crippen LogP contribution in [-0.4, -0.2) is 30.4 Å². The minimum absolute atomic E-state index is 0.538. The molecule has 0 radical (unpaired) electrons. The average molecular weight is 364 g/mol. The second-order valence-electron chi connectivity index (χ2n) is 6.15. The Morgan fingerprint density at radius 1 is 0.963 bits per heavy atom. The summed E-state index contributed by atoms with van der Waals surface area (Å²) in [6.45, 7) is 1.82. The highest BCUT2D eigenvalue weighted by Gasteiger charge is 2.03. The number of ether oxygens (including phenoxy) is 3. The van der Waals surface area contributed by atoms with E-state index in [0.29, 0.717) is 13.2 Å². The monoisotopic (exact) mass is 364 g/mol. The largest absolute Gasteiger partial charge is 0.497 e. The number of aromatic nitrogens is 2. The third-order valence-electron chi connectivity index (χ3n) is 4.15. The molecule has 0 unspecified atom stereocenters. The standard InChI is InChI=1S/C22H24N2O3/c1-25-21-7-3-18(4-8-21)13-20(14-24-12-11-23-17-24)16-27-15-19-5-9-22(26-2)10-6-19/h3-13,17H,14-16H2,1-2H3/b20-13-. The summed E-state index contributed by atoms with van der Waals surface area (Å²) in [5.74, 6) is 1.69. The topological polar surface area (TPSA) is 45.5 Å². The van der Waals surface area contributed by atoms with E-state index in [1.54, 1.807) is 20.4 Å². The van der Waals surface area contributed by atoms with Gasteiger partial charge in [0.25, 0.3) is 0 Å². The zero-order valence-corrected chi connectivity index (χ0v) is 15.7. The summed E-state index contributed by atoms with van der Waals surface area (Å²) in [7, 11) is 3.33. The van der Waals surface area contributed by atoms with Crippen LogP contribution in [0, 0.1) is 0 Å². The van der Waals surface area contributed by atoms with Crippen LogP contribution >= 0.6 is 0 Å². The van der Waals surface area contributed by atoms with Crippen LogP contribution in [0.1, 0.15) is 11.1 Å². The van der Waals surface area contributed by atoms with E-state index >= 15 is 0 Å². The van der Waals surface area contributed by atoms with Gasteiger partial charge in [0.05, 0.1) is 33.8 Å². The van der Waals surface area contributed by atoms with Gasteiger partial charge in [-0.1, -0.05) is 30.3 Å². The first-order chi connectivity index (χ1) is 13.3. The van der Waals surface area contributed by atoms with Gasteiger partial charge in [0.2, 0.25) is 0 Å². The van der Waals surface area contributed by atoms with Crippen molar-refractivity contribution >= 4 is 6.08 Å². The molecule has 3 aromatic rings. The predicted molar refractivity (Wildman–Crippen MR) is 106 cm³/mol. The highest BCUT2D eigenvalue weighted by atomic mass is 16.5. The van der Waals surface area contributed by atoms with Crippen LogP contribution < -0.4 is 9.47 Å². The fourth-order valence-corrected chi connectivity index (χ4v) is 2.71. The van der Waals surface area contributed by atoms with E-state index in [0.717, 1.165) is 34.7 Å². The first-order valence-corrected chi connectivity index (χ1v) is 8.77. The van der Waals surface area contributed by atoms with Crippen LogP contribution in [0.3, 0.4) is 0 Å². The van der Waals surface area contributed by atoms with Crippen LogP contribution in [0.2, 0.25) is 0 Å². The first-order valence-electron chi connectivity index (χ1n) is 8.77. The van der Waals surface area contributed by atoms with Crippen LogP contribution in [0.4, 0.5) is 0 Å². The highest BCUT2D eigenvalue weighted by molar-refractivity contribution is 5.54. The van der Waals surface area contributed by atoms with Crippen molar-refractivity contribution in [2.24, 2.45) is 0 Å². The minimum atomic E-state index is 0.538. The lowest BCUT2D eigenvalue weighted by molar-refractivity contribution is 0.140. The molecule has 1 aromatic heterocycles.